The summed E-state index contributed by atoms with van der Waals surface area (Å²) in [5.41, 5.74) is -0.472. The van der Waals surface area contributed by atoms with E-state index in [2.05, 4.69) is 39.0 Å². The Bertz CT molecular complexity index is 811. The van der Waals surface area contributed by atoms with E-state index in [9.17, 15) is 19.2 Å². The fraction of sp³-hybridized carbons (Fsp3) is 0.852. The first kappa shape index (κ1) is 31.0. The van der Waals surface area contributed by atoms with E-state index in [0.717, 1.165) is 38.8 Å². The SMILES string of the molecule is COC(=O)CNC(=O)C1CCCN1C[C@H](C(C)C)N(C)C(=O)[C@@H](NC(=O)C1CCCCN1C)C(C)(C)C. The number of amides is 3. The lowest BCUT2D eigenvalue weighted by Crippen LogP contribution is -2.61. The van der Waals surface area contributed by atoms with Gasteiger partial charge in [0.2, 0.25) is 17.7 Å². The topological polar surface area (TPSA) is 111 Å². The Hall–Kier alpha value is -2.20. The van der Waals surface area contributed by atoms with Crippen molar-refractivity contribution < 1.29 is 23.9 Å². The molecule has 37 heavy (non-hydrogen) atoms. The molecule has 0 spiro atoms. The highest BCUT2D eigenvalue weighted by Gasteiger charge is 2.41. The molecule has 10 heteroatoms. The number of likely N-dealkylation sites (tertiary alicyclic amines) is 2. The predicted octanol–water partition coefficient (Wildman–Crippen LogP) is 1.24. The first-order valence-electron chi connectivity index (χ1n) is 13.6. The Morgan fingerprint density at radius 2 is 1.65 bits per heavy atom. The number of likely N-dealkylation sites (N-methyl/N-ethyl adjacent to an activating group) is 2. The van der Waals surface area contributed by atoms with Gasteiger partial charge in [0.15, 0.2) is 0 Å². The number of esters is 1. The van der Waals surface area contributed by atoms with Crippen molar-refractivity contribution in [3.8, 4) is 0 Å². The number of nitrogens with zero attached hydrogens (tertiary/aromatic N) is 3. The monoisotopic (exact) mass is 523 g/mol. The zero-order valence-corrected chi connectivity index (χ0v) is 24.1. The van der Waals surface area contributed by atoms with Gasteiger partial charge in [-0.05, 0) is 57.2 Å². The van der Waals surface area contributed by atoms with Crippen LogP contribution < -0.4 is 10.6 Å². The van der Waals surface area contributed by atoms with Gasteiger partial charge in [-0.15, -0.1) is 0 Å². The van der Waals surface area contributed by atoms with Crippen LogP contribution >= 0.6 is 0 Å². The van der Waals surface area contributed by atoms with E-state index in [4.69, 9.17) is 0 Å². The molecule has 2 saturated heterocycles. The van der Waals surface area contributed by atoms with Crippen LogP contribution in [0.5, 0.6) is 0 Å². The molecule has 2 heterocycles. The van der Waals surface area contributed by atoms with Gasteiger partial charge in [-0.25, -0.2) is 0 Å². The van der Waals surface area contributed by atoms with Crippen LogP contribution in [0.2, 0.25) is 0 Å². The van der Waals surface area contributed by atoms with Crippen molar-refractivity contribution in [1.82, 2.24) is 25.3 Å². The molecule has 2 unspecified atom stereocenters. The normalized spacial score (nSPS) is 22.8. The van der Waals surface area contributed by atoms with Crippen molar-refractivity contribution >= 4 is 23.7 Å². The Balaban J connectivity index is 2.14. The van der Waals surface area contributed by atoms with E-state index in [1.54, 1.807) is 11.9 Å². The summed E-state index contributed by atoms with van der Waals surface area (Å²) in [4.78, 5) is 57.3. The smallest absolute Gasteiger partial charge is 0.325 e. The number of carbonyl (C=O) groups is 4. The van der Waals surface area contributed by atoms with Crippen LogP contribution in [0.1, 0.15) is 66.7 Å². The second-order valence-electron chi connectivity index (χ2n) is 12.0. The van der Waals surface area contributed by atoms with Gasteiger partial charge in [0.25, 0.3) is 0 Å². The molecule has 0 saturated carbocycles. The maximum absolute atomic E-state index is 13.9. The summed E-state index contributed by atoms with van der Waals surface area (Å²) in [5, 5.41) is 5.76. The van der Waals surface area contributed by atoms with Gasteiger partial charge in [-0.2, -0.15) is 0 Å². The second-order valence-corrected chi connectivity index (χ2v) is 12.0. The van der Waals surface area contributed by atoms with Crippen molar-refractivity contribution in [3.05, 3.63) is 0 Å². The van der Waals surface area contributed by atoms with Crippen molar-refractivity contribution in [2.75, 3.05) is 47.4 Å². The van der Waals surface area contributed by atoms with E-state index >= 15 is 0 Å². The van der Waals surface area contributed by atoms with Crippen molar-refractivity contribution in [2.45, 2.75) is 90.9 Å². The number of hydrogen-bond donors (Lipinski definition) is 2. The van der Waals surface area contributed by atoms with Crippen LogP contribution in [0.15, 0.2) is 0 Å². The lowest BCUT2D eigenvalue weighted by Gasteiger charge is -2.41. The molecule has 10 nitrogen and oxygen atoms in total. The summed E-state index contributed by atoms with van der Waals surface area (Å²) in [6.07, 6.45) is 4.46. The Labute approximate surface area is 222 Å². The van der Waals surface area contributed by atoms with Gasteiger partial charge in [-0.1, -0.05) is 41.0 Å². The molecular formula is C27H49N5O5. The lowest BCUT2D eigenvalue weighted by atomic mass is 9.84. The lowest BCUT2D eigenvalue weighted by molar-refractivity contribution is -0.143. The number of methoxy groups -OCH3 is 1. The molecule has 3 amide bonds. The quantitative estimate of drug-likeness (QED) is 0.415. The molecule has 2 aliphatic heterocycles. The van der Waals surface area contributed by atoms with Gasteiger partial charge >= 0.3 is 5.97 Å². The fourth-order valence-corrected chi connectivity index (χ4v) is 5.37. The second kappa shape index (κ2) is 13.6. The minimum absolute atomic E-state index is 0.0909. The summed E-state index contributed by atoms with van der Waals surface area (Å²) in [6.45, 7) is 12.1. The number of piperidine rings is 1. The third kappa shape index (κ3) is 8.40. The molecule has 0 bridgehead atoms. The molecule has 2 rings (SSSR count). The molecule has 212 valence electrons. The van der Waals surface area contributed by atoms with Crippen LogP contribution in [0.4, 0.5) is 0 Å². The first-order chi connectivity index (χ1) is 17.3. The number of ether oxygens (including phenoxy) is 1. The molecule has 2 fully saturated rings. The van der Waals surface area contributed by atoms with E-state index < -0.39 is 17.4 Å². The fourth-order valence-electron chi connectivity index (χ4n) is 5.37. The third-order valence-corrected chi connectivity index (χ3v) is 7.81. The molecular weight excluding hydrogens is 474 g/mol. The van der Waals surface area contributed by atoms with Crippen molar-refractivity contribution in [2.24, 2.45) is 11.3 Å². The summed E-state index contributed by atoms with van der Waals surface area (Å²) < 4.78 is 4.62. The maximum Gasteiger partial charge on any atom is 0.325 e. The minimum Gasteiger partial charge on any atom is -0.468 e. The van der Waals surface area contributed by atoms with Crippen LogP contribution in [-0.2, 0) is 23.9 Å². The highest BCUT2D eigenvalue weighted by molar-refractivity contribution is 5.90. The number of nitrogens with one attached hydrogen (secondary N) is 2. The first-order valence-corrected chi connectivity index (χ1v) is 13.6. The maximum atomic E-state index is 13.9. The Morgan fingerprint density at radius 3 is 2.22 bits per heavy atom. The van der Waals surface area contributed by atoms with Crippen LogP contribution in [-0.4, -0.2) is 110 Å². The average molecular weight is 524 g/mol. The molecule has 2 N–H and O–H groups in total. The average Bonchev–Trinajstić information content (AvgIpc) is 3.30. The highest BCUT2D eigenvalue weighted by Crippen LogP contribution is 2.26. The van der Waals surface area contributed by atoms with Gasteiger partial charge in [-0.3, -0.25) is 29.0 Å². The minimum atomic E-state index is -0.667. The highest BCUT2D eigenvalue weighted by atomic mass is 16.5. The van der Waals surface area contributed by atoms with Crippen LogP contribution in [0, 0.1) is 11.3 Å². The summed E-state index contributed by atoms with van der Waals surface area (Å²) in [6, 6.07) is -1.39. The molecule has 4 atom stereocenters. The van der Waals surface area contributed by atoms with Crippen LogP contribution in [0.3, 0.4) is 0 Å². The molecule has 0 aromatic rings. The standard InChI is InChI=1S/C27H49N5O5/c1-18(2)21(17-32-15-11-13-20(32)24(34)28-16-22(33)37-8)31(7)26(36)23(27(3,4)5)29-25(35)19-12-9-10-14-30(19)6/h18-21,23H,9-17H2,1-8H3,(H,28,34)(H,29,35)/t19?,20?,21-,23-/m1/s1. The molecule has 0 aromatic carbocycles. The molecule has 0 aromatic heterocycles. The van der Waals surface area contributed by atoms with E-state index in [1.165, 1.54) is 7.11 Å². The van der Waals surface area contributed by atoms with Crippen molar-refractivity contribution in [3.63, 3.8) is 0 Å². The number of hydrogen-bond acceptors (Lipinski definition) is 7. The van der Waals surface area contributed by atoms with Gasteiger partial charge in [0.1, 0.15) is 12.6 Å². The largest absolute Gasteiger partial charge is 0.468 e. The summed E-state index contributed by atoms with van der Waals surface area (Å²) in [7, 11) is 5.05. The molecule has 0 aliphatic carbocycles. The predicted molar refractivity (Wildman–Crippen MR) is 143 cm³/mol. The van der Waals surface area contributed by atoms with Crippen molar-refractivity contribution in [1.29, 1.82) is 0 Å². The summed E-state index contributed by atoms with van der Waals surface area (Å²) in [5.74, 6) is -0.765. The zero-order valence-electron chi connectivity index (χ0n) is 24.1. The number of carbonyl (C=O) groups excluding carboxylic acids is 4. The van der Waals surface area contributed by atoms with Gasteiger partial charge in [0, 0.05) is 19.6 Å². The van der Waals surface area contributed by atoms with Gasteiger partial charge < -0.3 is 20.3 Å². The summed E-state index contributed by atoms with van der Waals surface area (Å²) >= 11 is 0. The molecule has 2 aliphatic rings. The zero-order chi connectivity index (χ0) is 27.9. The van der Waals surface area contributed by atoms with E-state index in [1.807, 2.05) is 27.8 Å². The Kier molecular flexibility index (Phi) is 11.4. The number of rotatable bonds is 10. The third-order valence-electron chi connectivity index (χ3n) is 7.81. The van der Waals surface area contributed by atoms with Crippen LogP contribution in [0.25, 0.3) is 0 Å². The van der Waals surface area contributed by atoms with E-state index in [-0.39, 0.29) is 48.3 Å². The Morgan fingerprint density at radius 1 is 1.00 bits per heavy atom. The van der Waals surface area contributed by atoms with Gasteiger partial charge in [0.05, 0.1) is 19.2 Å². The van der Waals surface area contributed by atoms with E-state index in [0.29, 0.717) is 13.0 Å². The molecule has 0 radical (unpaired) electrons.